The Morgan fingerprint density at radius 3 is 2.64 bits per heavy atom. The smallest absolute Gasteiger partial charge is 0.225 e. The maximum atomic E-state index is 13.6. The van der Waals surface area contributed by atoms with Crippen molar-refractivity contribution in [2.24, 2.45) is 11.8 Å². The van der Waals surface area contributed by atoms with Gasteiger partial charge in [-0.3, -0.25) is 9.59 Å². The molecule has 1 N–H and O–H groups in total. The second kappa shape index (κ2) is 7.77. The van der Waals surface area contributed by atoms with Crippen molar-refractivity contribution < 1.29 is 14.0 Å². The molecule has 2 aliphatic rings. The molecule has 0 radical (unpaired) electrons. The number of nitrogens with zero attached hydrogens (tertiary/aromatic N) is 1. The first-order valence-corrected chi connectivity index (χ1v) is 9.95. The molecule has 1 aromatic rings. The van der Waals surface area contributed by atoms with Crippen LogP contribution in [0, 0.1) is 17.7 Å². The summed E-state index contributed by atoms with van der Waals surface area (Å²) in [6.45, 7) is 5.08. The quantitative estimate of drug-likeness (QED) is 0.895. The molecule has 6 heteroatoms. The van der Waals surface area contributed by atoms with E-state index in [4.69, 9.17) is 0 Å². The van der Waals surface area contributed by atoms with Crippen LogP contribution in [0.15, 0.2) is 23.1 Å². The van der Waals surface area contributed by atoms with E-state index in [9.17, 15) is 14.0 Å². The zero-order valence-electron chi connectivity index (χ0n) is 14.8. The molecule has 136 valence electrons. The largest absolute Gasteiger partial charge is 0.349 e. The van der Waals surface area contributed by atoms with Crippen LogP contribution in [0.25, 0.3) is 0 Å². The number of hydrogen-bond acceptors (Lipinski definition) is 3. The van der Waals surface area contributed by atoms with Crippen LogP contribution in [0.2, 0.25) is 0 Å². The van der Waals surface area contributed by atoms with Gasteiger partial charge in [-0.05, 0) is 43.0 Å². The first kappa shape index (κ1) is 18.2. The van der Waals surface area contributed by atoms with Crippen LogP contribution in [0.5, 0.6) is 0 Å². The van der Waals surface area contributed by atoms with Crippen molar-refractivity contribution in [1.82, 2.24) is 10.2 Å². The molecule has 1 atom stereocenters. The van der Waals surface area contributed by atoms with Gasteiger partial charge in [0.05, 0.1) is 6.04 Å². The Kier molecular flexibility index (Phi) is 5.67. The van der Waals surface area contributed by atoms with Gasteiger partial charge in [-0.2, -0.15) is 0 Å². The third-order valence-electron chi connectivity index (χ3n) is 5.00. The van der Waals surface area contributed by atoms with Crippen LogP contribution in [0.3, 0.4) is 0 Å². The topological polar surface area (TPSA) is 49.4 Å². The Morgan fingerprint density at radius 2 is 1.96 bits per heavy atom. The minimum atomic E-state index is -0.263. The minimum absolute atomic E-state index is 0.00323. The van der Waals surface area contributed by atoms with Crippen LogP contribution in [-0.4, -0.2) is 35.6 Å². The predicted octanol–water partition coefficient (Wildman–Crippen LogP) is 3.37. The first-order valence-electron chi connectivity index (χ1n) is 8.97. The van der Waals surface area contributed by atoms with Gasteiger partial charge in [0, 0.05) is 35.6 Å². The van der Waals surface area contributed by atoms with E-state index >= 15 is 0 Å². The van der Waals surface area contributed by atoms with Gasteiger partial charge < -0.3 is 10.2 Å². The van der Waals surface area contributed by atoms with E-state index in [0.717, 1.165) is 22.6 Å². The zero-order chi connectivity index (χ0) is 18.0. The summed E-state index contributed by atoms with van der Waals surface area (Å²) in [6, 6.07) is 4.69. The third-order valence-corrected chi connectivity index (χ3v) is 6.12. The molecule has 1 aromatic carbocycles. The summed E-state index contributed by atoms with van der Waals surface area (Å²) < 4.78 is 13.6. The highest BCUT2D eigenvalue weighted by Crippen LogP contribution is 2.36. The average molecular weight is 364 g/mol. The molecule has 25 heavy (non-hydrogen) atoms. The number of thioether (sulfide) groups is 1. The highest BCUT2D eigenvalue weighted by Gasteiger charge is 2.30. The Balaban J connectivity index is 1.59. The molecule has 1 unspecified atom stereocenters. The van der Waals surface area contributed by atoms with Crippen molar-refractivity contribution in [3.8, 4) is 0 Å². The number of benzene rings is 1. The molecule has 1 fully saturated rings. The highest BCUT2D eigenvalue weighted by atomic mass is 32.2. The number of rotatable bonds is 3. The van der Waals surface area contributed by atoms with E-state index in [-0.39, 0.29) is 35.5 Å². The summed E-state index contributed by atoms with van der Waals surface area (Å²) in [7, 11) is 0. The van der Waals surface area contributed by atoms with Gasteiger partial charge in [-0.1, -0.05) is 13.8 Å². The number of fused-ring (bicyclic) bond motifs is 1. The van der Waals surface area contributed by atoms with Gasteiger partial charge in [0.2, 0.25) is 11.8 Å². The number of nitrogens with one attached hydrogen (secondary N) is 1. The SMILES string of the molecule is CC(C)C(=O)N1CCC(C(=O)NC2CCSc3ccc(F)cc32)CC1. The van der Waals surface area contributed by atoms with Crippen LogP contribution >= 0.6 is 11.8 Å². The Bertz CT molecular complexity index is 657. The zero-order valence-corrected chi connectivity index (χ0v) is 15.6. The lowest BCUT2D eigenvalue weighted by Crippen LogP contribution is -2.45. The van der Waals surface area contributed by atoms with Crippen LogP contribution in [0.1, 0.15) is 44.7 Å². The second-order valence-electron chi connectivity index (χ2n) is 7.13. The van der Waals surface area contributed by atoms with Crippen molar-refractivity contribution in [3.63, 3.8) is 0 Å². The molecular formula is C19H25FN2O2S. The summed E-state index contributed by atoms with van der Waals surface area (Å²) in [5.41, 5.74) is 0.886. The fourth-order valence-electron chi connectivity index (χ4n) is 3.53. The molecular weight excluding hydrogens is 339 g/mol. The lowest BCUT2D eigenvalue weighted by molar-refractivity contribution is -0.138. The fraction of sp³-hybridized carbons (Fsp3) is 0.579. The number of likely N-dealkylation sites (tertiary alicyclic amines) is 1. The van der Waals surface area contributed by atoms with Gasteiger partial charge >= 0.3 is 0 Å². The average Bonchev–Trinajstić information content (AvgIpc) is 2.61. The monoisotopic (exact) mass is 364 g/mol. The van der Waals surface area contributed by atoms with Gasteiger partial charge in [0.1, 0.15) is 5.82 Å². The van der Waals surface area contributed by atoms with E-state index < -0.39 is 0 Å². The summed E-state index contributed by atoms with van der Waals surface area (Å²) >= 11 is 1.71. The van der Waals surface area contributed by atoms with Crippen molar-refractivity contribution in [2.75, 3.05) is 18.8 Å². The molecule has 2 amide bonds. The summed E-state index contributed by atoms with van der Waals surface area (Å²) in [5.74, 6) is 0.780. The van der Waals surface area contributed by atoms with Gasteiger partial charge in [0.25, 0.3) is 0 Å². The van der Waals surface area contributed by atoms with Crippen molar-refractivity contribution in [3.05, 3.63) is 29.6 Å². The van der Waals surface area contributed by atoms with Crippen molar-refractivity contribution >= 4 is 23.6 Å². The second-order valence-corrected chi connectivity index (χ2v) is 8.27. The molecule has 2 aliphatic heterocycles. The number of amides is 2. The lowest BCUT2D eigenvalue weighted by atomic mass is 9.94. The standard InChI is InChI=1S/C19H25FN2O2S/c1-12(2)19(24)22-8-5-13(6-9-22)18(23)21-16-7-10-25-17-4-3-14(20)11-15(16)17/h3-4,11-13,16H,5-10H2,1-2H3,(H,21,23). The number of hydrogen-bond donors (Lipinski definition) is 1. The number of halogens is 1. The highest BCUT2D eigenvalue weighted by molar-refractivity contribution is 7.99. The van der Waals surface area contributed by atoms with Crippen LogP contribution < -0.4 is 5.32 Å². The van der Waals surface area contributed by atoms with Crippen molar-refractivity contribution in [1.29, 1.82) is 0 Å². The van der Waals surface area contributed by atoms with E-state index in [2.05, 4.69) is 5.32 Å². The summed E-state index contributed by atoms with van der Waals surface area (Å²) in [4.78, 5) is 27.6. The Labute approximate surface area is 152 Å². The first-order chi connectivity index (χ1) is 12.0. The normalized spacial score (nSPS) is 21.1. The van der Waals surface area contributed by atoms with Crippen LogP contribution in [0.4, 0.5) is 4.39 Å². The Hall–Kier alpha value is -1.56. The predicted molar refractivity (Wildman–Crippen MR) is 96.8 cm³/mol. The van der Waals surface area contributed by atoms with Gasteiger partial charge in [-0.15, -0.1) is 11.8 Å². The van der Waals surface area contributed by atoms with Gasteiger partial charge in [-0.25, -0.2) is 4.39 Å². The third kappa shape index (κ3) is 4.17. The molecule has 0 aromatic heterocycles. The van der Waals surface area contributed by atoms with E-state index in [1.165, 1.54) is 12.1 Å². The lowest BCUT2D eigenvalue weighted by Gasteiger charge is -2.34. The molecule has 1 saturated heterocycles. The van der Waals surface area contributed by atoms with Gasteiger partial charge in [0.15, 0.2) is 0 Å². The molecule has 0 aliphatic carbocycles. The summed E-state index contributed by atoms with van der Waals surface area (Å²) in [6.07, 6.45) is 2.21. The number of piperidine rings is 1. The summed E-state index contributed by atoms with van der Waals surface area (Å²) in [5, 5.41) is 3.12. The van der Waals surface area contributed by atoms with Crippen molar-refractivity contribution in [2.45, 2.75) is 44.0 Å². The van der Waals surface area contributed by atoms with E-state index in [1.54, 1.807) is 17.8 Å². The maximum absolute atomic E-state index is 13.6. The van der Waals surface area contributed by atoms with Crippen LogP contribution in [-0.2, 0) is 9.59 Å². The molecule has 4 nitrogen and oxygen atoms in total. The minimum Gasteiger partial charge on any atom is -0.349 e. The molecule has 2 heterocycles. The van der Waals surface area contributed by atoms with E-state index in [1.807, 2.05) is 18.7 Å². The number of carbonyl (C=O) groups excluding carboxylic acids is 2. The van der Waals surface area contributed by atoms with E-state index in [0.29, 0.717) is 25.9 Å². The fourth-order valence-corrected chi connectivity index (χ4v) is 4.64. The molecule has 0 saturated carbocycles. The molecule has 3 rings (SSSR count). The molecule has 0 spiro atoms. The maximum Gasteiger partial charge on any atom is 0.225 e. The number of carbonyl (C=O) groups is 2. The molecule has 0 bridgehead atoms. The Morgan fingerprint density at radius 1 is 1.24 bits per heavy atom.